The van der Waals surface area contributed by atoms with Crippen molar-refractivity contribution in [1.82, 2.24) is 0 Å². The summed E-state index contributed by atoms with van der Waals surface area (Å²) in [6.07, 6.45) is 4.08. The number of amides is 1. The van der Waals surface area contributed by atoms with Crippen LogP contribution in [0.2, 0.25) is 10.0 Å². The van der Waals surface area contributed by atoms with E-state index in [9.17, 15) is 14.4 Å². The van der Waals surface area contributed by atoms with Gasteiger partial charge < -0.3 is 24.3 Å². The molecule has 1 aromatic heterocycles. The van der Waals surface area contributed by atoms with E-state index in [2.05, 4.69) is 5.32 Å². The maximum Gasteiger partial charge on any atom is 0.341 e. The number of nitrogens with one attached hydrogen (secondary N) is 1. The summed E-state index contributed by atoms with van der Waals surface area (Å²) in [5.41, 5.74) is 2.09. The van der Waals surface area contributed by atoms with Crippen molar-refractivity contribution < 1.29 is 33.3 Å². The summed E-state index contributed by atoms with van der Waals surface area (Å²) in [4.78, 5) is 38.5. The first-order valence-electron chi connectivity index (χ1n) is 11.8. The smallest absolute Gasteiger partial charge is 0.341 e. The summed E-state index contributed by atoms with van der Waals surface area (Å²) in [6.45, 7) is 0.149. The van der Waals surface area contributed by atoms with Crippen molar-refractivity contribution in [2.45, 2.75) is 25.4 Å². The quantitative estimate of drug-likeness (QED) is 0.231. The van der Waals surface area contributed by atoms with Gasteiger partial charge in [0.1, 0.15) is 11.6 Å². The Hall–Kier alpha value is -3.53. The van der Waals surface area contributed by atoms with E-state index in [0.717, 1.165) is 4.88 Å². The number of fused-ring (bicyclic) bond motifs is 1. The van der Waals surface area contributed by atoms with E-state index >= 15 is 0 Å². The molecule has 11 heteroatoms. The SMILES string of the molecule is COC(=O)c1c(NC(=O)/C=C/c2ccc(OCc3c(Cl)cccc3Cl)c(OC)c2)sc2c1C(C(=O)OC)CC2. The molecule has 0 saturated carbocycles. The Kier molecular flexibility index (Phi) is 9.16. The van der Waals surface area contributed by atoms with Crippen LogP contribution in [0.4, 0.5) is 5.00 Å². The molecule has 1 unspecified atom stereocenters. The summed E-state index contributed by atoms with van der Waals surface area (Å²) in [5.74, 6) is -1.14. The monoisotopic (exact) mass is 589 g/mol. The molecule has 3 aromatic rings. The summed E-state index contributed by atoms with van der Waals surface area (Å²) < 4.78 is 21.2. The highest BCUT2D eigenvalue weighted by Crippen LogP contribution is 2.46. The van der Waals surface area contributed by atoms with Gasteiger partial charge in [-0.2, -0.15) is 0 Å². The number of benzene rings is 2. The Morgan fingerprint density at radius 3 is 2.46 bits per heavy atom. The number of esters is 2. The van der Waals surface area contributed by atoms with Crippen LogP contribution in [0.1, 0.15) is 44.3 Å². The van der Waals surface area contributed by atoms with Gasteiger partial charge in [-0.15, -0.1) is 11.3 Å². The van der Waals surface area contributed by atoms with E-state index in [1.54, 1.807) is 42.5 Å². The first-order valence-corrected chi connectivity index (χ1v) is 13.4. The zero-order valence-electron chi connectivity index (χ0n) is 21.3. The first-order chi connectivity index (χ1) is 18.8. The molecule has 1 N–H and O–H groups in total. The number of carbonyl (C=O) groups is 3. The van der Waals surface area contributed by atoms with Crippen molar-refractivity contribution in [2.75, 3.05) is 26.6 Å². The van der Waals surface area contributed by atoms with Crippen molar-refractivity contribution in [3.05, 3.63) is 79.7 Å². The Labute approximate surface area is 239 Å². The van der Waals surface area contributed by atoms with Gasteiger partial charge in [0.2, 0.25) is 5.91 Å². The number of rotatable bonds is 9. The molecule has 0 spiro atoms. The van der Waals surface area contributed by atoms with Crippen molar-refractivity contribution in [3.8, 4) is 11.5 Å². The minimum absolute atomic E-state index is 0.149. The zero-order chi connectivity index (χ0) is 28.1. The molecule has 1 aliphatic carbocycles. The molecule has 204 valence electrons. The lowest BCUT2D eigenvalue weighted by Gasteiger charge is -2.13. The molecule has 39 heavy (non-hydrogen) atoms. The number of thiophene rings is 1. The molecule has 2 aromatic carbocycles. The molecular formula is C28H25Cl2NO7S. The number of ether oxygens (including phenoxy) is 4. The maximum atomic E-state index is 12.8. The molecule has 0 saturated heterocycles. The van der Waals surface area contributed by atoms with Crippen LogP contribution in [0, 0.1) is 0 Å². The Morgan fingerprint density at radius 2 is 1.79 bits per heavy atom. The van der Waals surface area contributed by atoms with Crippen molar-refractivity contribution in [3.63, 3.8) is 0 Å². The lowest BCUT2D eigenvalue weighted by molar-refractivity contribution is -0.142. The topological polar surface area (TPSA) is 100 Å². The fraction of sp³-hybridized carbons (Fsp3) is 0.250. The van der Waals surface area contributed by atoms with E-state index in [1.165, 1.54) is 38.7 Å². The van der Waals surface area contributed by atoms with Gasteiger partial charge in [0.25, 0.3) is 0 Å². The van der Waals surface area contributed by atoms with Gasteiger partial charge in [-0.25, -0.2) is 4.79 Å². The molecule has 0 fully saturated rings. The zero-order valence-corrected chi connectivity index (χ0v) is 23.7. The Morgan fingerprint density at radius 1 is 1.05 bits per heavy atom. The largest absolute Gasteiger partial charge is 0.493 e. The van der Waals surface area contributed by atoms with Crippen LogP contribution >= 0.6 is 34.5 Å². The number of hydrogen-bond donors (Lipinski definition) is 1. The number of hydrogen-bond acceptors (Lipinski definition) is 8. The van der Waals surface area contributed by atoms with Gasteiger partial charge in [-0.05, 0) is 54.3 Å². The molecule has 0 bridgehead atoms. The number of halogens is 2. The van der Waals surface area contributed by atoms with Gasteiger partial charge in [0, 0.05) is 26.6 Å². The molecule has 1 amide bonds. The second-order valence-corrected chi connectivity index (χ2v) is 10.4. The standard InChI is InChI=1S/C28H25Cl2NO7S/c1-35-21-13-15(7-10-20(21)38-14-17-18(29)5-4-6-19(17)30)8-12-23(32)31-26-25(28(34)37-3)24-16(27(33)36-2)9-11-22(24)39-26/h4-8,10,12-13,16H,9,11,14H2,1-3H3,(H,31,32)/b12-8+. The Bertz CT molecular complexity index is 1430. The van der Waals surface area contributed by atoms with Crippen LogP contribution in [-0.4, -0.2) is 39.2 Å². The molecule has 0 radical (unpaired) electrons. The van der Waals surface area contributed by atoms with E-state index in [0.29, 0.717) is 56.1 Å². The van der Waals surface area contributed by atoms with Gasteiger partial charge >= 0.3 is 11.9 Å². The number of anilines is 1. The van der Waals surface area contributed by atoms with Crippen LogP contribution in [-0.2, 0) is 32.1 Å². The van der Waals surface area contributed by atoms with E-state index in [1.807, 2.05) is 0 Å². The molecule has 1 heterocycles. The highest BCUT2D eigenvalue weighted by molar-refractivity contribution is 7.17. The average molecular weight is 590 g/mol. The average Bonchev–Trinajstić information content (AvgIpc) is 3.49. The van der Waals surface area contributed by atoms with Crippen molar-refractivity contribution in [2.24, 2.45) is 0 Å². The van der Waals surface area contributed by atoms with Gasteiger partial charge in [0.05, 0.1) is 32.8 Å². The van der Waals surface area contributed by atoms with E-state index in [4.69, 9.17) is 42.1 Å². The molecule has 8 nitrogen and oxygen atoms in total. The molecule has 4 rings (SSSR count). The second-order valence-electron chi connectivity index (χ2n) is 8.47. The highest BCUT2D eigenvalue weighted by atomic mass is 35.5. The van der Waals surface area contributed by atoms with Crippen molar-refractivity contribution in [1.29, 1.82) is 0 Å². The highest BCUT2D eigenvalue weighted by Gasteiger charge is 2.38. The maximum absolute atomic E-state index is 12.8. The predicted molar refractivity (Wildman–Crippen MR) is 150 cm³/mol. The number of methoxy groups -OCH3 is 3. The van der Waals surface area contributed by atoms with Crippen LogP contribution < -0.4 is 14.8 Å². The van der Waals surface area contributed by atoms with Crippen LogP contribution in [0.3, 0.4) is 0 Å². The third kappa shape index (κ3) is 6.21. The Balaban J connectivity index is 1.49. The number of carbonyl (C=O) groups excluding carboxylic acids is 3. The second kappa shape index (κ2) is 12.5. The first kappa shape index (κ1) is 28.5. The molecule has 1 atom stereocenters. The normalized spacial score (nSPS) is 14.1. The van der Waals surface area contributed by atoms with Crippen LogP contribution in [0.25, 0.3) is 6.08 Å². The summed E-state index contributed by atoms with van der Waals surface area (Å²) >= 11 is 13.7. The third-order valence-corrected chi connectivity index (χ3v) is 8.08. The molecule has 0 aliphatic heterocycles. The van der Waals surface area contributed by atoms with Gasteiger partial charge in [-0.1, -0.05) is 35.3 Å². The van der Waals surface area contributed by atoms with Crippen molar-refractivity contribution >= 4 is 63.5 Å². The lowest BCUT2D eigenvalue weighted by atomic mass is 9.99. The van der Waals surface area contributed by atoms with Crippen LogP contribution in [0.5, 0.6) is 11.5 Å². The minimum Gasteiger partial charge on any atom is -0.493 e. The molecular weight excluding hydrogens is 565 g/mol. The fourth-order valence-corrected chi connectivity index (χ4v) is 6.06. The summed E-state index contributed by atoms with van der Waals surface area (Å²) in [7, 11) is 4.07. The summed E-state index contributed by atoms with van der Waals surface area (Å²) in [6, 6.07) is 10.4. The summed E-state index contributed by atoms with van der Waals surface area (Å²) in [5, 5.41) is 4.08. The number of aryl methyl sites for hydroxylation is 1. The van der Waals surface area contributed by atoms with E-state index in [-0.39, 0.29) is 12.2 Å². The van der Waals surface area contributed by atoms with Gasteiger partial charge in [0.15, 0.2) is 11.5 Å². The van der Waals surface area contributed by atoms with Gasteiger partial charge in [-0.3, -0.25) is 9.59 Å². The lowest BCUT2D eigenvalue weighted by Crippen LogP contribution is -2.16. The predicted octanol–water partition coefficient (Wildman–Crippen LogP) is 6.28. The molecule has 1 aliphatic rings. The van der Waals surface area contributed by atoms with Crippen LogP contribution in [0.15, 0.2) is 42.5 Å². The minimum atomic E-state index is -0.624. The fourth-order valence-electron chi connectivity index (χ4n) is 4.29. The third-order valence-electron chi connectivity index (χ3n) is 6.19. The van der Waals surface area contributed by atoms with E-state index < -0.39 is 23.8 Å².